The fourth-order valence-corrected chi connectivity index (χ4v) is 1.71. The van der Waals surface area contributed by atoms with Crippen molar-refractivity contribution >= 4 is 23.0 Å². The highest BCUT2D eigenvalue weighted by molar-refractivity contribution is 5.91. The van der Waals surface area contributed by atoms with Gasteiger partial charge in [-0.25, -0.2) is 0 Å². The quantitative estimate of drug-likeness (QED) is 0.866. The van der Waals surface area contributed by atoms with Gasteiger partial charge in [-0.3, -0.25) is 4.68 Å². The standard InChI is InChI=1S/C11H10F3N3O2/c1-17-9-3-2-7(19-11(12,13)14)6-8(9)10(16-17)15-4-5-18/h2-3,5-6H,4H2,1H3,(H,15,16). The van der Waals surface area contributed by atoms with Crippen LogP contribution in [0.25, 0.3) is 10.9 Å². The number of fused-ring (bicyclic) bond motifs is 1. The van der Waals surface area contributed by atoms with Crippen molar-refractivity contribution in [2.45, 2.75) is 6.36 Å². The second kappa shape index (κ2) is 4.79. The van der Waals surface area contributed by atoms with Crippen LogP contribution < -0.4 is 10.1 Å². The highest BCUT2D eigenvalue weighted by Crippen LogP contribution is 2.29. The number of alkyl halides is 3. The zero-order valence-corrected chi connectivity index (χ0v) is 9.86. The van der Waals surface area contributed by atoms with Crippen molar-refractivity contribution in [3.05, 3.63) is 18.2 Å². The molecule has 0 spiro atoms. The SMILES string of the molecule is Cn1nc(NCC=O)c2cc(OC(F)(F)F)ccc21. The van der Waals surface area contributed by atoms with Gasteiger partial charge in [0.05, 0.1) is 12.1 Å². The number of anilines is 1. The average Bonchev–Trinajstić information content (AvgIpc) is 2.61. The Kier molecular flexibility index (Phi) is 3.32. The lowest BCUT2D eigenvalue weighted by atomic mass is 10.2. The van der Waals surface area contributed by atoms with E-state index in [1.807, 2.05) is 0 Å². The molecule has 19 heavy (non-hydrogen) atoms. The molecule has 2 aromatic rings. The van der Waals surface area contributed by atoms with Crippen LogP contribution in [-0.4, -0.2) is 29.0 Å². The maximum atomic E-state index is 12.1. The van der Waals surface area contributed by atoms with Crippen molar-refractivity contribution in [3.8, 4) is 5.75 Å². The summed E-state index contributed by atoms with van der Waals surface area (Å²) in [6, 6.07) is 3.90. The molecule has 0 amide bonds. The van der Waals surface area contributed by atoms with E-state index < -0.39 is 6.36 Å². The Morgan fingerprint density at radius 1 is 1.47 bits per heavy atom. The topological polar surface area (TPSA) is 56.2 Å². The maximum absolute atomic E-state index is 12.1. The van der Waals surface area contributed by atoms with Gasteiger partial charge in [0.2, 0.25) is 0 Å². The van der Waals surface area contributed by atoms with Gasteiger partial charge in [-0.1, -0.05) is 0 Å². The Morgan fingerprint density at radius 3 is 2.84 bits per heavy atom. The second-order valence-electron chi connectivity index (χ2n) is 3.75. The van der Waals surface area contributed by atoms with E-state index in [9.17, 15) is 18.0 Å². The predicted molar refractivity (Wildman–Crippen MR) is 62.0 cm³/mol. The molecule has 0 unspecified atom stereocenters. The molecule has 0 atom stereocenters. The summed E-state index contributed by atoms with van der Waals surface area (Å²) in [5.74, 6) is -0.000576. The van der Waals surface area contributed by atoms with Gasteiger partial charge >= 0.3 is 6.36 Å². The zero-order chi connectivity index (χ0) is 14.0. The molecule has 0 fully saturated rings. The third-order valence-corrected chi connectivity index (χ3v) is 2.41. The van der Waals surface area contributed by atoms with Gasteiger partial charge in [0.15, 0.2) is 5.82 Å². The average molecular weight is 273 g/mol. The molecule has 1 N–H and O–H groups in total. The van der Waals surface area contributed by atoms with Crippen LogP contribution in [0.1, 0.15) is 0 Å². The van der Waals surface area contributed by atoms with Crippen molar-refractivity contribution in [2.24, 2.45) is 7.05 Å². The molecule has 5 nitrogen and oxygen atoms in total. The van der Waals surface area contributed by atoms with E-state index in [2.05, 4.69) is 15.2 Å². The molecule has 0 bridgehead atoms. The molecular weight excluding hydrogens is 263 g/mol. The summed E-state index contributed by atoms with van der Waals surface area (Å²) in [7, 11) is 1.65. The van der Waals surface area contributed by atoms with Crippen LogP contribution >= 0.6 is 0 Å². The lowest BCUT2D eigenvalue weighted by molar-refractivity contribution is -0.274. The fourth-order valence-electron chi connectivity index (χ4n) is 1.71. The molecule has 0 aliphatic carbocycles. The van der Waals surface area contributed by atoms with Gasteiger partial charge in [-0.05, 0) is 18.2 Å². The van der Waals surface area contributed by atoms with Gasteiger partial charge in [-0.15, -0.1) is 13.2 Å². The van der Waals surface area contributed by atoms with Crippen LogP contribution in [0.4, 0.5) is 19.0 Å². The Balaban J connectivity index is 2.41. The number of nitrogens with one attached hydrogen (secondary N) is 1. The first-order chi connectivity index (χ1) is 8.90. The lowest BCUT2D eigenvalue weighted by Gasteiger charge is -2.08. The first kappa shape index (κ1) is 13.2. The largest absolute Gasteiger partial charge is 0.573 e. The van der Waals surface area contributed by atoms with Crippen LogP contribution in [0.3, 0.4) is 0 Å². The molecule has 0 aliphatic heterocycles. The summed E-state index contributed by atoms with van der Waals surface area (Å²) in [6.45, 7) is 0.0243. The van der Waals surface area contributed by atoms with E-state index in [-0.39, 0.29) is 12.3 Å². The number of nitrogens with zero attached hydrogens (tertiary/aromatic N) is 2. The van der Waals surface area contributed by atoms with E-state index in [0.29, 0.717) is 23.0 Å². The highest BCUT2D eigenvalue weighted by Gasteiger charge is 2.31. The van der Waals surface area contributed by atoms with Crippen LogP contribution in [0.5, 0.6) is 5.75 Å². The van der Waals surface area contributed by atoms with Gasteiger partial charge in [0.1, 0.15) is 12.0 Å². The number of halogens is 3. The summed E-state index contributed by atoms with van der Waals surface area (Å²) in [6.07, 6.45) is -4.11. The smallest absolute Gasteiger partial charge is 0.406 e. The van der Waals surface area contributed by atoms with Crippen LogP contribution in [0, 0.1) is 0 Å². The van der Waals surface area contributed by atoms with Crippen LogP contribution in [-0.2, 0) is 11.8 Å². The molecular formula is C11H10F3N3O2. The van der Waals surface area contributed by atoms with E-state index in [0.717, 1.165) is 0 Å². The first-order valence-corrected chi connectivity index (χ1v) is 5.31. The molecule has 1 aromatic heterocycles. The van der Waals surface area contributed by atoms with Crippen molar-refractivity contribution < 1.29 is 22.7 Å². The Hall–Kier alpha value is -2.25. The van der Waals surface area contributed by atoms with Crippen molar-refractivity contribution in [1.29, 1.82) is 0 Å². The summed E-state index contributed by atoms with van der Waals surface area (Å²) >= 11 is 0. The molecule has 102 valence electrons. The summed E-state index contributed by atoms with van der Waals surface area (Å²) < 4.78 is 41.8. The van der Waals surface area contributed by atoms with Gasteiger partial charge in [0.25, 0.3) is 0 Å². The maximum Gasteiger partial charge on any atom is 0.573 e. The summed E-state index contributed by atoms with van der Waals surface area (Å²) in [4.78, 5) is 10.3. The third kappa shape index (κ3) is 2.95. The third-order valence-electron chi connectivity index (χ3n) is 2.41. The Labute approximate surface area is 106 Å². The van der Waals surface area contributed by atoms with E-state index >= 15 is 0 Å². The fraction of sp³-hybridized carbons (Fsp3) is 0.273. The number of benzene rings is 1. The number of carbonyl (C=O) groups is 1. The number of hydrogen-bond acceptors (Lipinski definition) is 4. The molecule has 0 saturated carbocycles. The number of rotatable bonds is 4. The van der Waals surface area contributed by atoms with Gasteiger partial charge in [0, 0.05) is 12.4 Å². The molecule has 0 saturated heterocycles. The van der Waals surface area contributed by atoms with Crippen molar-refractivity contribution in [3.63, 3.8) is 0 Å². The van der Waals surface area contributed by atoms with Gasteiger partial charge in [-0.2, -0.15) is 5.10 Å². The molecule has 8 heteroatoms. The Morgan fingerprint density at radius 2 is 2.21 bits per heavy atom. The Bertz CT molecular complexity index is 607. The minimum Gasteiger partial charge on any atom is -0.406 e. The number of hydrogen-bond donors (Lipinski definition) is 1. The summed E-state index contributed by atoms with van der Waals surface area (Å²) in [5, 5.41) is 7.24. The van der Waals surface area contributed by atoms with Crippen molar-refractivity contribution in [1.82, 2.24) is 9.78 Å². The molecule has 1 heterocycles. The first-order valence-electron chi connectivity index (χ1n) is 5.31. The van der Waals surface area contributed by atoms with Gasteiger partial charge < -0.3 is 14.8 Å². The van der Waals surface area contributed by atoms with Crippen molar-refractivity contribution in [2.75, 3.05) is 11.9 Å². The van der Waals surface area contributed by atoms with E-state index in [1.54, 1.807) is 7.05 Å². The minimum atomic E-state index is -4.74. The monoisotopic (exact) mass is 273 g/mol. The molecule has 1 aromatic carbocycles. The minimum absolute atomic E-state index is 0.0243. The summed E-state index contributed by atoms with van der Waals surface area (Å²) in [5.41, 5.74) is 0.628. The molecule has 0 aliphatic rings. The lowest BCUT2D eigenvalue weighted by Crippen LogP contribution is -2.17. The molecule has 0 radical (unpaired) electrons. The normalized spacial score (nSPS) is 11.6. The predicted octanol–water partition coefficient (Wildman–Crippen LogP) is 2.08. The molecule has 2 rings (SSSR count). The highest BCUT2D eigenvalue weighted by atomic mass is 19.4. The second-order valence-corrected chi connectivity index (χ2v) is 3.75. The van der Waals surface area contributed by atoms with E-state index in [4.69, 9.17) is 0 Å². The van der Waals surface area contributed by atoms with E-state index in [1.165, 1.54) is 22.9 Å². The van der Waals surface area contributed by atoms with Crippen LogP contribution in [0.2, 0.25) is 0 Å². The zero-order valence-electron chi connectivity index (χ0n) is 9.86. The number of carbonyl (C=O) groups excluding carboxylic acids is 1. The number of ether oxygens (including phenoxy) is 1. The van der Waals surface area contributed by atoms with Crippen LogP contribution in [0.15, 0.2) is 18.2 Å². The number of aldehydes is 1. The number of aromatic nitrogens is 2. The number of aryl methyl sites for hydroxylation is 1.